The van der Waals surface area contributed by atoms with Crippen LogP contribution in [0.3, 0.4) is 0 Å². The highest BCUT2D eigenvalue weighted by Crippen LogP contribution is 2.22. The number of ether oxygens (including phenoxy) is 1. The molecule has 5 heteroatoms. The summed E-state index contributed by atoms with van der Waals surface area (Å²) in [4.78, 5) is 0. The molecule has 0 bridgehead atoms. The SMILES string of the molecule is CC1OCCC1NCCCC(C)(C)C(N)=NO. The van der Waals surface area contributed by atoms with Gasteiger partial charge >= 0.3 is 0 Å². The molecule has 5 nitrogen and oxygen atoms in total. The second kappa shape index (κ2) is 6.21. The summed E-state index contributed by atoms with van der Waals surface area (Å²) in [5.41, 5.74) is 5.39. The average molecular weight is 243 g/mol. The van der Waals surface area contributed by atoms with Crippen molar-refractivity contribution in [1.82, 2.24) is 5.32 Å². The van der Waals surface area contributed by atoms with E-state index in [4.69, 9.17) is 15.7 Å². The lowest BCUT2D eigenvalue weighted by atomic mass is 9.86. The molecule has 0 radical (unpaired) electrons. The molecule has 0 aliphatic carbocycles. The molecule has 0 amide bonds. The van der Waals surface area contributed by atoms with Crippen LogP contribution >= 0.6 is 0 Å². The van der Waals surface area contributed by atoms with Crippen molar-refractivity contribution in [3.63, 3.8) is 0 Å². The molecule has 1 aliphatic rings. The Labute approximate surface area is 103 Å². The van der Waals surface area contributed by atoms with E-state index in [-0.39, 0.29) is 5.41 Å². The highest BCUT2D eigenvalue weighted by molar-refractivity contribution is 5.85. The van der Waals surface area contributed by atoms with Gasteiger partial charge in [-0.2, -0.15) is 0 Å². The fourth-order valence-corrected chi connectivity index (χ4v) is 2.08. The molecule has 2 unspecified atom stereocenters. The van der Waals surface area contributed by atoms with Crippen molar-refractivity contribution in [2.75, 3.05) is 13.2 Å². The zero-order valence-electron chi connectivity index (χ0n) is 11.1. The molecule has 0 saturated carbocycles. The third kappa shape index (κ3) is 4.16. The molecule has 1 aliphatic heterocycles. The number of nitrogens with two attached hydrogens (primary N) is 1. The minimum Gasteiger partial charge on any atom is -0.409 e. The summed E-state index contributed by atoms with van der Waals surface area (Å²) in [5.74, 6) is 0.301. The van der Waals surface area contributed by atoms with Crippen LogP contribution in [0.15, 0.2) is 5.16 Å². The van der Waals surface area contributed by atoms with Crippen LogP contribution in [0.4, 0.5) is 0 Å². The van der Waals surface area contributed by atoms with Gasteiger partial charge in [-0.25, -0.2) is 0 Å². The standard InChI is InChI=1S/C12H25N3O2/c1-9-10(5-8-17-9)14-7-4-6-12(2,3)11(13)15-16/h9-10,14,16H,4-8H2,1-3H3,(H2,13,15). The van der Waals surface area contributed by atoms with Gasteiger partial charge in [-0.3, -0.25) is 0 Å². The summed E-state index contributed by atoms with van der Waals surface area (Å²) >= 11 is 0. The zero-order chi connectivity index (χ0) is 12.9. The van der Waals surface area contributed by atoms with Crippen LogP contribution in [0.25, 0.3) is 0 Å². The maximum Gasteiger partial charge on any atom is 0.144 e. The molecule has 1 fully saturated rings. The van der Waals surface area contributed by atoms with Crippen molar-refractivity contribution in [3.8, 4) is 0 Å². The van der Waals surface area contributed by atoms with Gasteiger partial charge in [0.1, 0.15) is 5.84 Å². The summed E-state index contributed by atoms with van der Waals surface area (Å²) in [6.07, 6.45) is 3.31. The summed E-state index contributed by atoms with van der Waals surface area (Å²) in [6, 6.07) is 0.474. The molecule has 1 rings (SSSR count). The van der Waals surface area contributed by atoms with Gasteiger partial charge in [0.2, 0.25) is 0 Å². The number of oxime groups is 1. The molecule has 0 aromatic carbocycles. The summed E-state index contributed by atoms with van der Waals surface area (Å²) in [7, 11) is 0. The third-order valence-electron chi connectivity index (χ3n) is 3.56. The third-order valence-corrected chi connectivity index (χ3v) is 3.56. The lowest BCUT2D eigenvalue weighted by Gasteiger charge is -2.23. The quantitative estimate of drug-likeness (QED) is 0.216. The molecular formula is C12H25N3O2. The molecule has 0 spiro atoms. The number of rotatable bonds is 6. The summed E-state index contributed by atoms with van der Waals surface area (Å²) < 4.78 is 5.48. The number of hydrogen-bond donors (Lipinski definition) is 3. The topological polar surface area (TPSA) is 79.9 Å². The van der Waals surface area contributed by atoms with E-state index in [0.717, 1.165) is 32.4 Å². The molecule has 1 heterocycles. The average Bonchev–Trinajstić information content (AvgIpc) is 2.69. The van der Waals surface area contributed by atoms with E-state index in [1.807, 2.05) is 13.8 Å². The van der Waals surface area contributed by atoms with E-state index in [0.29, 0.717) is 18.0 Å². The molecular weight excluding hydrogens is 218 g/mol. The Morgan fingerprint density at radius 3 is 2.82 bits per heavy atom. The molecule has 100 valence electrons. The Morgan fingerprint density at radius 2 is 2.29 bits per heavy atom. The van der Waals surface area contributed by atoms with Crippen LogP contribution in [-0.2, 0) is 4.74 Å². The molecule has 4 N–H and O–H groups in total. The van der Waals surface area contributed by atoms with Crippen LogP contribution in [0.2, 0.25) is 0 Å². The Hall–Kier alpha value is -0.810. The Balaban J connectivity index is 2.19. The largest absolute Gasteiger partial charge is 0.409 e. The van der Waals surface area contributed by atoms with Gasteiger partial charge in [0.25, 0.3) is 0 Å². The summed E-state index contributed by atoms with van der Waals surface area (Å²) in [5, 5.41) is 15.2. The van der Waals surface area contributed by atoms with Gasteiger partial charge in [0.05, 0.1) is 6.10 Å². The number of amidine groups is 1. The van der Waals surface area contributed by atoms with Gasteiger partial charge in [0, 0.05) is 18.1 Å². The number of hydrogen-bond acceptors (Lipinski definition) is 4. The van der Waals surface area contributed by atoms with Gasteiger partial charge in [0.15, 0.2) is 0 Å². The number of nitrogens with one attached hydrogen (secondary N) is 1. The fourth-order valence-electron chi connectivity index (χ4n) is 2.08. The summed E-state index contributed by atoms with van der Waals surface area (Å²) in [6.45, 7) is 7.88. The van der Waals surface area contributed by atoms with Crippen molar-refractivity contribution in [2.45, 2.75) is 52.2 Å². The van der Waals surface area contributed by atoms with E-state index in [1.165, 1.54) is 0 Å². The highest BCUT2D eigenvalue weighted by Gasteiger charge is 2.25. The smallest absolute Gasteiger partial charge is 0.144 e. The molecule has 2 atom stereocenters. The Kier molecular flexibility index (Phi) is 5.21. The van der Waals surface area contributed by atoms with E-state index in [2.05, 4.69) is 17.4 Å². The van der Waals surface area contributed by atoms with Crippen LogP contribution in [0, 0.1) is 5.41 Å². The predicted octanol–water partition coefficient (Wildman–Crippen LogP) is 1.31. The first-order chi connectivity index (χ1) is 7.97. The van der Waals surface area contributed by atoms with E-state index < -0.39 is 0 Å². The van der Waals surface area contributed by atoms with Crippen molar-refractivity contribution in [2.24, 2.45) is 16.3 Å². The monoisotopic (exact) mass is 243 g/mol. The lowest BCUT2D eigenvalue weighted by molar-refractivity contribution is 0.113. The minimum absolute atomic E-state index is 0.242. The van der Waals surface area contributed by atoms with Crippen molar-refractivity contribution in [3.05, 3.63) is 0 Å². The lowest BCUT2D eigenvalue weighted by Crippen LogP contribution is -2.37. The van der Waals surface area contributed by atoms with Crippen LogP contribution in [-0.4, -0.2) is 36.3 Å². The van der Waals surface area contributed by atoms with Crippen LogP contribution < -0.4 is 11.1 Å². The fraction of sp³-hybridized carbons (Fsp3) is 0.917. The van der Waals surface area contributed by atoms with Gasteiger partial charge in [-0.1, -0.05) is 19.0 Å². The van der Waals surface area contributed by atoms with Crippen molar-refractivity contribution >= 4 is 5.84 Å². The van der Waals surface area contributed by atoms with Crippen LogP contribution in [0.5, 0.6) is 0 Å². The molecule has 0 aromatic heterocycles. The molecule has 0 aromatic rings. The maximum absolute atomic E-state index is 8.67. The number of nitrogens with zero attached hydrogens (tertiary/aromatic N) is 1. The first kappa shape index (κ1) is 14.3. The first-order valence-corrected chi connectivity index (χ1v) is 6.30. The maximum atomic E-state index is 8.67. The molecule has 17 heavy (non-hydrogen) atoms. The second-order valence-electron chi connectivity index (χ2n) is 5.40. The highest BCUT2D eigenvalue weighted by atomic mass is 16.5. The Bertz CT molecular complexity index is 266. The van der Waals surface area contributed by atoms with Crippen molar-refractivity contribution < 1.29 is 9.94 Å². The zero-order valence-corrected chi connectivity index (χ0v) is 11.1. The Morgan fingerprint density at radius 1 is 1.59 bits per heavy atom. The minimum atomic E-state index is -0.242. The van der Waals surface area contributed by atoms with E-state index >= 15 is 0 Å². The van der Waals surface area contributed by atoms with Gasteiger partial charge in [-0.15, -0.1) is 0 Å². The molecule has 1 saturated heterocycles. The van der Waals surface area contributed by atoms with E-state index in [9.17, 15) is 0 Å². The predicted molar refractivity (Wildman–Crippen MR) is 68.2 cm³/mol. The van der Waals surface area contributed by atoms with Crippen LogP contribution in [0.1, 0.15) is 40.0 Å². The van der Waals surface area contributed by atoms with Gasteiger partial charge in [-0.05, 0) is 32.7 Å². The second-order valence-corrected chi connectivity index (χ2v) is 5.40. The normalized spacial score (nSPS) is 26.4. The van der Waals surface area contributed by atoms with E-state index in [1.54, 1.807) is 0 Å². The van der Waals surface area contributed by atoms with Crippen molar-refractivity contribution in [1.29, 1.82) is 0 Å². The first-order valence-electron chi connectivity index (χ1n) is 6.30. The van der Waals surface area contributed by atoms with Gasteiger partial charge < -0.3 is 21.0 Å².